The average Bonchev–Trinajstić information content (AvgIpc) is 2.58. The summed E-state index contributed by atoms with van der Waals surface area (Å²) in [5.41, 5.74) is 2.86. The molecule has 1 aliphatic heterocycles. The maximum Gasteiger partial charge on any atom is 0.243 e. The number of benzene rings is 1. The van der Waals surface area contributed by atoms with Crippen LogP contribution in [0.5, 0.6) is 0 Å². The summed E-state index contributed by atoms with van der Waals surface area (Å²) in [5.74, 6) is -0.0226. The Labute approximate surface area is 149 Å². The highest BCUT2D eigenvalue weighted by molar-refractivity contribution is 5.95. The van der Waals surface area contributed by atoms with Gasteiger partial charge >= 0.3 is 0 Å². The molecule has 2 N–H and O–H groups in total. The quantitative estimate of drug-likeness (QED) is 0.816. The Balaban J connectivity index is 1.83. The highest BCUT2D eigenvalue weighted by atomic mass is 16.3. The molecule has 25 heavy (non-hydrogen) atoms. The maximum atomic E-state index is 12.4. The molecule has 1 fully saturated rings. The molecule has 1 atom stereocenters. The molecule has 1 aromatic carbocycles. The zero-order valence-corrected chi connectivity index (χ0v) is 15.4. The lowest BCUT2D eigenvalue weighted by atomic mass is 9.99. The molecule has 0 radical (unpaired) electrons. The van der Waals surface area contributed by atoms with E-state index in [-0.39, 0.29) is 30.9 Å². The van der Waals surface area contributed by atoms with E-state index in [1.807, 2.05) is 32.0 Å². The molecule has 0 bridgehead atoms. The van der Waals surface area contributed by atoms with Crippen molar-refractivity contribution >= 4 is 17.5 Å². The van der Waals surface area contributed by atoms with E-state index in [1.54, 1.807) is 7.05 Å². The summed E-state index contributed by atoms with van der Waals surface area (Å²) >= 11 is 0. The predicted molar refractivity (Wildman–Crippen MR) is 98.4 cm³/mol. The standard InChI is InChI=1S/C19H29N3O3/c1-14-6-7-15(2)17(9-14)20-18(24)11-21(3)19(25)12-22-8-4-5-16(10-22)13-23/h6-7,9,16,23H,4-5,8,10-13H2,1-3H3,(H,20,24). The number of amides is 2. The maximum absolute atomic E-state index is 12.4. The first-order valence-electron chi connectivity index (χ1n) is 8.83. The summed E-state index contributed by atoms with van der Waals surface area (Å²) in [6.45, 7) is 6.02. The van der Waals surface area contributed by atoms with E-state index in [2.05, 4.69) is 10.2 Å². The smallest absolute Gasteiger partial charge is 0.243 e. The number of anilines is 1. The second-order valence-electron chi connectivity index (χ2n) is 7.04. The van der Waals surface area contributed by atoms with Gasteiger partial charge in [0.15, 0.2) is 0 Å². The molecule has 1 saturated heterocycles. The van der Waals surface area contributed by atoms with Gasteiger partial charge in [0.1, 0.15) is 0 Å². The molecular weight excluding hydrogens is 318 g/mol. The van der Waals surface area contributed by atoms with E-state index >= 15 is 0 Å². The summed E-state index contributed by atoms with van der Waals surface area (Å²) < 4.78 is 0. The van der Waals surface area contributed by atoms with Crippen LogP contribution in [0.2, 0.25) is 0 Å². The molecule has 0 saturated carbocycles. The number of nitrogens with one attached hydrogen (secondary N) is 1. The fourth-order valence-corrected chi connectivity index (χ4v) is 3.12. The van der Waals surface area contributed by atoms with Gasteiger partial charge in [0.25, 0.3) is 0 Å². The third-order valence-corrected chi connectivity index (χ3v) is 4.69. The van der Waals surface area contributed by atoms with Crippen LogP contribution >= 0.6 is 0 Å². The zero-order valence-electron chi connectivity index (χ0n) is 15.4. The van der Waals surface area contributed by atoms with Crippen LogP contribution in [0.15, 0.2) is 18.2 Å². The lowest BCUT2D eigenvalue weighted by Crippen LogP contribution is -2.45. The van der Waals surface area contributed by atoms with E-state index in [9.17, 15) is 14.7 Å². The van der Waals surface area contributed by atoms with Crippen LogP contribution in [0.1, 0.15) is 24.0 Å². The topological polar surface area (TPSA) is 72.9 Å². The lowest BCUT2D eigenvalue weighted by Gasteiger charge is -2.32. The fourth-order valence-electron chi connectivity index (χ4n) is 3.12. The number of nitrogens with zero attached hydrogens (tertiary/aromatic N) is 2. The Morgan fingerprint density at radius 3 is 2.84 bits per heavy atom. The van der Waals surface area contributed by atoms with Gasteiger partial charge in [-0.15, -0.1) is 0 Å². The van der Waals surface area contributed by atoms with Crippen molar-refractivity contribution in [3.05, 3.63) is 29.3 Å². The number of rotatable bonds is 6. The lowest BCUT2D eigenvalue weighted by molar-refractivity contribution is -0.134. The molecule has 0 aromatic heterocycles. The normalized spacial score (nSPS) is 18.0. The molecular formula is C19H29N3O3. The van der Waals surface area contributed by atoms with Crippen LogP contribution in [0.3, 0.4) is 0 Å². The number of hydrogen-bond acceptors (Lipinski definition) is 4. The summed E-state index contributed by atoms with van der Waals surface area (Å²) in [7, 11) is 1.65. The molecule has 2 rings (SSSR count). The SMILES string of the molecule is Cc1ccc(C)c(NC(=O)CN(C)C(=O)CN2CCCC(CO)C2)c1. The number of likely N-dealkylation sites (N-methyl/N-ethyl adjacent to an activating group) is 1. The van der Waals surface area contributed by atoms with Gasteiger partial charge in [-0.1, -0.05) is 12.1 Å². The first-order chi connectivity index (χ1) is 11.9. The highest BCUT2D eigenvalue weighted by Crippen LogP contribution is 2.17. The van der Waals surface area contributed by atoms with Crippen LogP contribution in [-0.2, 0) is 9.59 Å². The molecule has 6 nitrogen and oxygen atoms in total. The number of likely N-dealkylation sites (tertiary alicyclic amines) is 1. The molecule has 1 aromatic rings. The van der Waals surface area contributed by atoms with Crippen molar-refractivity contribution in [3.63, 3.8) is 0 Å². The minimum atomic E-state index is -0.198. The van der Waals surface area contributed by atoms with Gasteiger partial charge in [0.05, 0.1) is 13.1 Å². The fraction of sp³-hybridized carbons (Fsp3) is 0.579. The number of carbonyl (C=O) groups excluding carboxylic acids is 2. The molecule has 138 valence electrons. The Morgan fingerprint density at radius 1 is 1.36 bits per heavy atom. The predicted octanol–water partition coefficient (Wildman–Crippen LogP) is 1.40. The van der Waals surface area contributed by atoms with Gasteiger partial charge in [-0.05, 0) is 56.3 Å². The monoisotopic (exact) mass is 347 g/mol. The second-order valence-corrected chi connectivity index (χ2v) is 7.04. The van der Waals surface area contributed by atoms with E-state index in [4.69, 9.17) is 0 Å². The summed E-state index contributed by atoms with van der Waals surface area (Å²) in [4.78, 5) is 28.1. The third kappa shape index (κ3) is 5.83. The number of hydrogen-bond donors (Lipinski definition) is 2. The van der Waals surface area contributed by atoms with E-state index in [0.717, 1.165) is 42.7 Å². The van der Waals surface area contributed by atoms with Crippen molar-refractivity contribution in [1.29, 1.82) is 0 Å². The minimum Gasteiger partial charge on any atom is -0.396 e. The van der Waals surface area contributed by atoms with Gasteiger partial charge in [0, 0.05) is 25.9 Å². The van der Waals surface area contributed by atoms with Crippen LogP contribution < -0.4 is 5.32 Å². The summed E-state index contributed by atoms with van der Waals surface area (Å²) in [6.07, 6.45) is 2.00. The first kappa shape index (κ1) is 19.4. The van der Waals surface area contributed by atoms with Crippen molar-refractivity contribution in [2.24, 2.45) is 5.92 Å². The molecule has 1 aliphatic rings. The van der Waals surface area contributed by atoms with Crippen molar-refractivity contribution in [2.45, 2.75) is 26.7 Å². The molecule has 1 unspecified atom stereocenters. The number of aryl methyl sites for hydroxylation is 2. The van der Waals surface area contributed by atoms with Crippen molar-refractivity contribution in [2.75, 3.05) is 45.2 Å². The molecule has 2 amide bonds. The third-order valence-electron chi connectivity index (χ3n) is 4.69. The van der Waals surface area contributed by atoms with Crippen LogP contribution in [0, 0.1) is 19.8 Å². The van der Waals surface area contributed by atoms with Crippen molar-refractivity contribution in [1.82, 2.24) is 9.80 Å². The Hall–Kier alpha value is -1.92. The zero-order chi connectivity index (χ0) is 18.4. The van der Waals surface area contributed by atoms with Crippen LogP contribution in [-0.4, -0.2) is 66.6 Å². The summed E-state index contributed by atoms with van der Waals surface area (Å²) in [5, 5.41) is 12.2. The van der Waals surface area contributed by atoms with Gasteiger partial charge in [-0.2, -0.15) is 0 Å². The van der Waals surface area contributed by atoms with Gasteiger partial charge in [-0.3, -0.25) is 14.5 Å². The van der Waals surface area contributed by atoms with Gasteiger partial charge in [-0.25, -0.2) is 0 Å². The van der Waals surface area contributed by atoms with Crippen molar-refractivity contribution < 1.29 is 14.7 Å². The minimum absolute atomic E-state index is 0.0312. The average molecular weight is 347 g/mol. The number of aliphatic hydroxyl groups is 1. The van der Waals surface area contributed by atoms with Gasteiger partial charge < -0.3 is 15.3 Å². The number of aliphatic hydroxyl groups excluding tert-OH is 1. The van der Waals surface area contributed by atoms with E-state index in [0.29, 0.717) is 6.54 Å². The Kier molecular flexibility index (Phi) is 6.96. The molecule has 1 heterocycles. The largest absolute Gasteiger partial charge is 0.396 e. The van der Waals surface area contributed by atoms with Crippen LogP contribution in [0.4, 0.5) is 5.69 Å². The number of carbonyl (C=O) groups is 2. The summed E-state index contributed by atoms with van der Waals surface area (Å²) in [6, 6.07) is 5.89. The Bertz CT molecular complexity index is 618. The van der Waals surface area contributed by atoms with Gasteiger partial charge in [0.2, 0.25) is 11.8 Å². The second kappa shape index (κ2) is 8.97. The first-order valence-corrected chi connectivity index (χ1v) is 8.83. The van der Waals surface area contributed by atoms with E-state index in [1.165, 1.54) is 4.90 Å². The number of piperidine rings is 1. The highest BCUT2D eigenvalue weighted by Gasteiger charge is 2.23. The van der Waals surface area contributed by atoms with Crippen molar-refractivity contribution in [3.8, 4) is 0 Å². The molecule has 6 heteroatoms. The van der Waals surface area contributed by atoms with Crippen LogP contribution in [0.25, 0.3) is 0 Å². The molecule has 0 aliphatic carbocycles. The van der Waals surface area contributed by atoms with E-state index < -0.39 is 0 Å². The Morgan fingerprint density at radius 2 is 2.12 bits per heavy atom. The molecule has 0 spiro atoms.